The third-order valence-electron chi connectivity index (χ3n) is 5.75. The molecule has 0 aliphatic carbocycles. The molecule has 13 heteroatoms. The van der Waals surface area contributed by atoms with Gasteiger partial charge in [0.15, 0.2) is 0 Å². The van der Waals surface area contributed by atoms with Crippen molar-refractivity contribution in [2.45, 2.75) is 23.6 Å². The highest BCUT2D eigenvalue weighted by Crippen LogP contribution is 2.13. The van der Waals surface area contributed by atoms with E-state index in [2.05, 4.69) is 10.00 Å². The lowest BCUT2D eigenvalue weighted by Crippen LogP contribution is -2.38. The molecule has 2 aromatic heterocycles. The molecule has 40 heavy (non-hydrogen) atoms. The van der Waals surface area contributed by atoms with Gasteiger partial charge in [0.25, 0.3) is 20.2 Å². The van der Waals surface area contributed by atoms with Crippen molar-refractivity contribution >= 4 is 25.8 Å². The van der Waals surface area contributed by atoms with Crippen LogP contribution in [0.15, 0.2) is 88.8 Å². The van der Waals surface area contributed by atoms with Crippen LogP contribution in [0.25, 0.3) is 5.52 Å². The van der Waals surface area contributed by atoms with Crippen LogP contribution in [0.2, 0.25) is 0 Å². The average molecular weight is 592 g/mol. The molecule has 2 aromatic carbocycles. The van der Waals surface area contributed by atoms with Crippen LogP contribution in [0, 0.1) is 13.8 Å². The predicted octanol–water partition coefficient (Wildman–Crippen LogP) is 3.53. The van der Waals surface area contributed by atoms with Crippen molar-refractivity contribution in [2.24, 2.45) is 0 Å². The van der Waals surface area contributed by atoms with E-state index < -0.39 is 20.2 Å². The molecule has 0 bridgehead atoms. The van der Waals surface area contributed by atoms with Crippen molar-refractivity contribution in [3.05, 3.63) is 90.1 Å². The summed E-state index contributed by atoms with van der Waals surface area (Å²) < 4.78 is 71.9. The lowest BCUT2D eigenvalue weighted by atomic mass is 10.2. The Balaban J connectivity index is 0.000000175. The summed E-state index contributed by atoms with van der Waals surface area (Å²) in [5.74, 6) is 0.689. The zero-order chi connectivity index (χ0) is 29.2. The highest BCUT2D eigenvalue weighted by molar-refractivity contribution is 7.86. The van der Waals surface area contributed by atoms with E-state index in [-0.39, 0.29) is 9.79 Å². The number of aryl methyl sites for hydroxylation is 2. The fraction of sp³-hybridized carbons (Fsp3) is 0.296. The molecule has 4 aromatic rings. The molecule has 0 atom stereocenters. The second-order valence-corrected chi connectivity index (χ2v) is 11.8. The molecule has 1 fully saturated rings. The first-order valence-electron chi connectivity index (χ1n) is 12.4. The highest BCUT2D eigenvalue weighted by Gasteiger charge is 2.10. The van der Waals surface area contributed by atoms with Gasteiger partial charge >= 0.3 is 0 Å². The predicted molar refractivity (Wildman–Crippen MR) is 150 cm³/mol. The number of fused-ring (bicyclic) bond motifs is 1. The second kappa shape index (κ2) is 14.3. The third kappa shape index (κ3) is 10.3. The number of hydrogen-bond donors (Lipinski definition) is 2. The molecule has 1 saturated heterocycles. The van der Waals surface area contributed by atoms with E-state index in [0.717, 1.165) is 49.5 Å². The quantitative estimate of drug-likeness (QED) is 0.319. The standard InChI is InChI=1S/C13H17N3O2.2C7H8O3S/c1-2-4-16-12(3-1)11-13(14-16)18-10-7-15-5-8-17-9-6-15;2*1-6-2-4-7(5-3-6)11(8,9)10/h1-4,11H,5-10H2;2*2-5H,1H3,(H,8,9,10). The van der Waals surface area contributed by atoms with Gasteiger partial charge in [-0.2, -0.15) is 16.8 Å². The van der Waals surface area contributed by atoms with Crippen molar-refractivity contribution in [3.8, 4) is 5.88 Å². The number of rotatable bonds is 6. The number of benzene rings is 2. The summed E-state index contributed by atoms with van der Waals surface area (Å²) in [6.45, 7) is 8.93. The lowest BCUT2D eigenvalue weighted by molar-refractivity contribution is 0.0320. The third-order valence-corrected chi connectivity index (χ3v) is 7.48. The zero-order valence-corrected chi connectivity index (χ0v) is 23.9. The van der Waals surface area contributed by atoms with Crippen molar-refractivity contribution in [1.29, 1.82) is 0 Å². The van der Waals surface area contributed by atoms with Crippen LogP contribution >= 0.6 is 0 Å². The normalized spacial score (nSPS) is 14.0. The van der Waals surface area contributed by atoms with E-state index in [9.17, 15) is 16.8 Å². The minimum Gasteiger partial charge on any atom is -0.475 e. The summed E-state index contributed by atoms with van der Waals surface area (Å²) in [4.78, 5) is 2.21. The van der Waals surface area contributed by atoms with Gasteiger partial charge in [-0.3, -0.25) is 14.0 Å². The summed E-state index contributed by atoms with van der Waals surface area (Å²) in [7, 11) is -8.04. The first-order valence-corrected chi connectivity index (χ1v) is 15.3. The van der Waals surface area contributed by atoms with E-state index >= 15 is 0 Å². The largest absolute Gasteiger partial charge is 0.475 e. The molecule has 216 valence electrons. The van der Waals surface area contributed by atoms with Crippen molar-refractivity contribution in [3.63, 3.8) is 0 Å². The molecule has 5 rings (SSSR count). The SMILES string of the molecule is Cc1ccc(S(=O)(=O)O)cc1.Cc1ccc(S(=O)(=O)O)cc1.c1ccn2nc(OCCN3CCOCC3)cc2c1. The maximum atomic E-state index is 10.5. The van der Waals surface area contributed by atoms with Gasteiger partial charge in [0.05, 0.1) is 28.5 Å². The molecule has 0 amide bonds. The maximum Gasteiger partial charge on any atom is 0.294 e. The summed E-state index contributed by atoms with van der Waals surface area (Å²) >= 11 is 0. The Morgan fingerprint density at radius 2 is 1.35 bits per heavy atom. The van der Waals surface area contributed by atoms with Gasteiger partial charge in [-0.25, -0.2) is 4.52 Å². The monoisotopic (exact) mass is 591 g/mol. The van der Waals surface area contributed by atoms with Crippen LogP contribution in [0.4, 0.5) is 0 Å². The molecule has 0 unspecified atom stereocenters. The molecule has 0 radical (unpaired) electrons. The summed E-state index contributed by atoms with van der Waals surface area (Å²) in [6.07, 6.45) is 1.92. The first kappa shape index (κ1) is 31.2. The van der Waals surface area contributed by atoms with E-state index in [0.29, 0.717) is 12.5 Å². The van der Waals surface area contributed by atoms with Gasteiger partial charge in [-0.1, -0.05) is 41.5 Å². The van der Waals surface area contributed by atoms with Crippen molar-refractivity contribution < 1.29 is 35.4 Å². The Morgan fingerprint density at radius 3 is 1.82 bits per heavy atom. The van der Waals surface area contributed by atoms with Gasteiger partial charge < -0.3 is 9.47 Å². The van der Waals surface area contributed by atoms with Gasteiger partial charge in [-0.05, 0) is 50.2 Å². The van der Waals surface area contributed by atoms with E-state index in [1.165, 1.54) is 24.3 Å². The summed E-state index contributed by atoms with van der Waals surface area (Å²) in [5, 5.41) is 4.35. The van der Waals surface area contributed by atoms with Crippen LogP contribution < -0.4 is 4.74 Å². The smallest absolute Gasteiger partial charge is 0.294 e. The van der Waals surface area contributed by atoms with Crippen LogP contribution in [0.1, 0.15) is 11.1 Å². The number of aromatic nitrogens is 2. The Bertz CT molecular complexity index is 1460. The van der Waals surface area contributed by atoms with Gasteiger partial charge in [0.1, 0.15) is 6.61 Å². The minimum absolute atomic E-state index is 0.0666. The Morgan fingerprint density at radius 1 is 0.825 bits per heavy atom. The lowest BCUT2D eigenvalue weighted by Gasteiger charge is -2.26. The minimum atomic E-state index is -4.02. The van der Waals surface area contributed by atoms with Crippen molar-refractivity contribution in [1.82, 2.24) is 14.5 Å². The zero-order valence-electron chi connectivity index (χ0n) is 22.3. The maximum absolute atomic E-state index is 10.5. The Hall–Kier alpha value is -3.33. The molecular weight excluding hydrogens is 558 g/mol. The molecule has 3 heterocycles. The van der Waals surface area contributed by atoms with E-state index in [4.69, 9.17) is 18.6 Å². The van der Waals surface area contributed by atoms with E-state index in [1.807, 2.05) is 48.8 Å². The fourth-order valence-corrected chi connectivity index (χ4v) is 4.47. The topological polar surface area (TPSA) is 148 Å². The average Bonchev–Trinajstić information content (AvgIpc) is 3.32. The summed E-state index contributed by atoms with van der Waals surface area (Å²) in [6, 6.07) is 19.9. The van der Waals surface area contributed by atoms with Gasteiger partial charge in [-0.15, -0.1) is 5.10 Å². The number of pyridine rings is 1. The number of hydrogen-bond acceptors (Lipinski definition) is 8. The highest BCUT2D eigenvalue weighted by atomic mass is 32.2. The molecular formula is C27H33N3O8S2. The Labute approximate surface area is 234 Å². The molecule has 0 saturated carbocycles. The van der Waals surface area contributed by atoms with Gasteiger partial charge in [0.2, 0.25) is 5.88 Å². The van der Waals surface area contributed by atoms with Crippen LogP contribution in [0.3, 0.4) is 0 Å². The number of ether oxygens (including phenoxy) is 2. The Kier molecular flexibility index (Phi) is 11.2. The molecule has 0 spiro atoms. The second-order valence-electron chi connectivity index (χ2n) is 8.93. The van der Waals surface area contributed by atoms with Crippen LogP contribution in [0.5, 0.6) is 5.88 Å². The van der Waals surface area contributed by atoms with Crippen molar-refractivity contribution in [2.75, 3.05) is 39.5 Å². The first-order chi connectivity index (χ1) is 18.9. The molecule has 11 nitrogen and oxygen atoms in total. The number of morpholine rings is 1. The van der Waals surface area contributed by atoms with Crippen LogP contribution in [-0.4, -0.2) is 79.9 Å². The molecule has 1 aliphatic heterocycles. The molecule has 1 aliphatic rings. The fourth-order valence-electron chi connectivity index (χ4n) is 3.51. The van der Waals surface area contributed by atoms with Crippen LogP contribution in [-0.2, 0) is 25.0 Å². The van der Waals surface area contributed by atoms with E-state index in [1.54, 1.807) is 24.3 Å². The summed E-state index contributed by atoms with van der Waals surface area (Å²) in [5.41, 5.74) is 2.97. The van der Waals surface area contributed by atoms with Gasteiger partial charge in [0, 0.05) is 31.9 Å². The molecule has 2 N–H and O–H groups in total. The number of nitrogens with zero attached hydrogens (tertiary/aromatic N) is 3.